The maximum absolute atomic E-state index is 12.0. The van der Waals surface area contributed by atoms with E-state index < -0.39 is 0 Å². The van der Waals surface area contributed by atoms with Crippen molar-refractivity contribution < 1.29 is 14.3 Å². The largest absolute Gasteiger partial charge is 0.378 e. The second kappa shape index (κ2) is 6.08. The lowest BCUT2D eigenvalue weighted by Gasteiger charge is -2.33. The summed E-state index contributed by atoms with van der Waals surface area (Å²) >= 11 is 1.43. The van der Waals surface area contributed by atoms with Crippen molar-refractivity contribution in [2.24, 2.45) is 0 Å². The minimum atomic E-state index is -0.368. The SMILES string of the molecule is CNC(=O)C1COCCN1CC(=O)c1cccs1. The summed E-state index contributed by atoms with van der Waals surface area (Å²) in [6, 6.07) is 3.29. The molecule has 1 aliphatic rings. The lowest BCUT2D eigenvalue weighted by Crippen LogP contribution is -2.54. The van der Waals surface area contributed by atoms with Crippen LogP contribution in [0.25, 0.3) is 0 Å². The molecule has 1 unspecified atom stereocenters. The smallest absolute Gasteiger partial charge is 0.239 e. The standard InChI is InChI=1S/C12H16N2O3S/c1-13-12(16)9-8-17-5-4-14(9)7-10(15)11-3-2-6-18-11/h2-3,6,9H,4-5,7-8H2,1H3,(H,13,16). The van der Waals surface area contributed by atoms with Gasteiger partial charge in [0.15, 0.2) is 5.78 Å². The predicted molar refractivity (Wildman–Crippen MR) is 68.9 cm³/mol. The van der Waals surface area contributed by atoms with Crippen molar-refractivity contribution in [3.8, 4) is 0 Å². The van der Waals surface area contributed by atoms with Crippen LogP contribution in [0.2, 0.25) is 0 Å². The molecule has 0 radical (unpaired) electrons. The van der Waals surface area contributed by atoms with Gasteiger partial charge in [-0.2, -0.15) is 0 Å². The minimum Gasteiger partial charge on any atom is -0.378 e. The molecule has 98 valence electrons. The number of hydrogen-bond donors (Lipinski definition) is 1. The summed E-state index contributed by atoms with van der Waals surface area (Å²) in [6.45, 7) is 1.78. The number of Topliss-reactive ketones (excluding diaryl/α,β-unsaturated/α-hetero) is 1. The second-order valence-corrected chi connectivity index (χ2v) is 5.02. The van der Waals surface area contributed by atoms with Gasteiger partial charge in [0.05, 0.1) is 24.6 Å². The van der Waals surface area contributed by atoms with E-state index in [1.165, 1.54) is 11.3 Å². The van der Waals surface area contributed by atoms with Crippen molar-refractivity contribution in [1.29, 1.82) is 0 Å². The van der Waals surface area contributed by atoms with Crippen LogP contribution in [-0.4, -0.2) is 56.0 Å². The zero-order valence-electron chi connectivity index (χ0n) is 10.2. The average molecular weight is 268 g/mol. The minimum absolute atomic E-state index is 0.0563. The van der Waals surface area contributed by atoms with E-state index in [0.717, 1.165) is 4.88 Å². The number of nitrogens with zero attached hydrogens (tertiary/aromatic N) is 1. The van der Waals surface area contributed by atoms with Crippen molar-refractivity contribution in [1.82, 2.24) is 10.2 Å². The molecule has 18 heavy (non-hydrogen) atoms. The van der Waals surface area contributed by atoms with Crippen LogP contribution < -0.4 is 5.32 Å². The summed E-state index contributed by atoms with van der Waals surface area (Å²) in [5.74, 6) is -0.0468. The molecule has 1 atom stereocenters. The third kappa shape index (κ3) is 2.95. The molecule has 6 heteroatoms. The Kier molecular flexibility index (Phi) is 4.46. The highest BCUT2D eigenvalue weighted by molar-refractivity contribution is 7.12. The van der Waals surface area contributed by atoms with Gasteiger partial charge in [0.1, 0.15) is 6.04 Å². The first kappa shape index (κ1) is 13.2. The van der Waals surface area contributed by atoms with E-state index in [2.05, 4.69) is 5.32 Å². The van der Waals surface area contributed by atoms with E-state index in [-0.39, 0.29) is 24.3 Å². The van der Waals surface area contributed by atoms with Crippen LogP contribution in [0.1, 0.15) is 9.67 Å². The molecule has 2 heterocycles. The molecule has 1 aliphatic heterocycles. The molecule has 0 spiro atoms. The first-order chi connectivity index (χ1) is 8.72. The van der Waals surface area contributed by atoms with E-state index in [0.29, 0.717) is 19.8 Å². The number of ketones is 1. The van der Waals surface area contributed by atoms with Gasteiger partial charge in [0, 0.05) is 13.6 Å². The number of carbonyl (C=O) groups is 2. The fraction of sp³-hybridized carbons (Fsp3) is 0.500. The monoisotopic (exact) mass is 268 g/mol. The van der Waals surface area contributed by atoms with Crippen LogP contribution in [-0.2, 0) is 9.53 Å². The Morgan fingerprint density at radius 3 is 3.11 bits per heavy atom. The van der Waals surface area contributed by atoms with Crippen LogP contribution in [0.3, 0.4) is 0 Å². The third-order valence-corrected chi connectivity index (χ3v) is 3.84. The van der Waals surface area contributed by atoms with E-state index in [1.807, 2.05) is 22.4 Å². The Morgan fingerprint density at radius 1 is 1.61 bits per heavy atom. The fourth-order valence-corrected chi connectivity index (χ4v) is 2.59. The Hall–Kier alpha value is -1.24. The highest BCUT2D eigenvalue weighted by Gasteiger charge is 2.30. The number of likely N-dealkylation sites (N-methyl/N-ethyl adjacent to an activating group) is 1. The molecule has 1 amide bonds. The number of carbonyl (C=O) groups excluding carboxylic acids is 2. The van der Waals surface area contributed by atoms with Gasteiger partial charge in [-0.1, -0.05) is 6.07 Å². The average Bonchev–Trinajstić information content (AvgIpc) is 2.92. The highest BCUT2D eigenvalue weighted by Crippen LogP contribution is 2.13. The summed E-state index contributed by atoms with van der Waals surface area (Å²) in [5, 5.41) is 4.48. The summed E-state index contributed by atoms with van der Waals surface area (Å²) in [7, 11) is 1.59. The van der Waals surface area contributed by atoms with Gasteiger partial charge in [-0.05, 0) is 11.4 Å². The number of amides is 1. The summed E-state index contributed by atoms with van der Waals surface area (Å²) < 4.78 is 5.30. The predicted octanol–water partition coefficient (Wildman–Crippen LogP) is 0.378. The number of ether oxygens (including phenoxy) is 1. The highest BCUT2D eigenvalue weighted by atomic mass is 32.1. The van der Waals surface area contributed by atoms with E-state index in [4.69, 9.17) is 4.74 Å². The van der Waals surface area contributed by atoms with E-state index in [9.17, 15) is 9.59 Å². The van der Waals surface area contributed by atoms with Crippen LogP contribution in [0.15, 0.2) is 17.5 Å². The van der Waals surface area contributed by atoms with Crippen LogP contribution in [0, 0.1) is 0 Å². The molecule has 0 bridgehead atoms. The van der Waals surface area contributed by atoms with Crippen molar-refractivity contribution in [2.75, 3.05) is 33.4 Å². The van der Waals surface area contributed by atoms with E-state index in [1.54, 1.807) is 7.05 Å². The first-order valence-electron chi connectivity index (χ1n) is 5.82. The molecule has 1 N–H and O–H groups in total. The van der Waals surface area contributed by atoms with E-state index >= 15 is 0 Å². The molecule has 5 nitrogen and oxygen atoms in total. The molecule has 1 aromatic heterocycles. The molecule has 0 aromatic carbocycles. The van der Waals surface area contributed by atoms with Gasteiger partial charge in [0.25, 0.3) is 0 Å². The van der Waals surface area contributed by atoms with Gasteiger partial charge in [0.2, 0.25) is 5.91 Å². The lowest BCUT2D eigenvalue weighted by molar-refractivity contribution is -0.131. The Balaban J connectivity index is 2.01. The second-order valence-electron chi connectivity index (χ2n) is 4.08. The zero-order chi connectivity index (χ0) is 13.0. The number of thiophene rings is 1. The lowest BCUT2D eigenvalue weighted by atomic mass is 10.2. The summed E-state index contributed by atoms with van der Waals surface area (Å²) in [5.41, 5.74) is 0. The topological polar surface area (TPSA) is 58.6 Å². The maximum atomic E-state index is 12.0. The maximum Gasteiger partial charge on any atom is 0.239 e. The molecule has 0 saturated carbocycles. The Morgan fingerprint density at radius 2 is 2.44 bits per heavy atom. The number of morpholine rings is 1. The number of hydrogen-bond acceptors (Lipinski definition) is 5. The van der Waals surface area contributed by atoms with Gasteiger partial charge in [-0.15, -0.1) is 11.3 Å². The van der Waals surface area contributed by atoms with Crippen molar-refractivity contribution in [2.45, 2.75) is 6.04 Å². The van der Waals surface area contributed by atoms with Gasteiger partial charge < -0.3 is 10.1 Å². The Bertz CT molecular complexity index is 419. The van der Waals surface area contributed by atoms with Gasteiger partial charge in [-0.3, -0.25) is 14.5 Å². The zero-order valence-corrected chi connectivity index (χ0v) is 11.0. The van der Waals surface area contributed by atoms with Crippen LogP contribution in [0.5, 0.6) is 0 Å². The van der Waals surface area contributed by atoms with Crippen molar-refractivity contribution in [3.05, 3.63) is 22.4 Å². The number of rotatable bonds is 4. The molecule has 0 aliphatic carbocycles. The molecule has 1 aromatic rings. The first-order valence-corrected chi connectivity index (χ1v) is 6.70. The molecular weight excluding hydrogens is 252 g/mol. The summed E-state index contributed by atoms with van der Waals surface area (Å²) in [6.07, 6.45) is 0. The molecule has 1 fully saturated rings. The number of nitrogens with one attached hydrogen (secondary N) is 1. The molecular formula is C12H16N2O3S. The quantitative estimate of drug-likeness (QED) is 0.802. The third-order valence-electron chi connectivity index (χ3n) is 2.93. The van der Waals surface area contributed by atoms with Crippen molar-refractivity contribution in [3.63, 3.8) is 0 Å². The van der Waals surface area contributed by atoms with Gasteiger partial charge >= 0.3 is 0 Å². The fourth-order valence-electron chi connectivity index (χ4n) is 1.93. The van der Waals surface area contributed by atoms with Gasteiger partial charge in [-0.25, -0.2) is 0 Å². The Labute approximate surface area is 110 Å². The van der Waals surface area contributed by atoms with Crippen LogP contribution >= 0.6 is 11.3 Å². The van der Waals surface area contributed by atoms with Crippen molar-refractivity contribution >= 4 is 23.0 Å². The summed E-state index contributed by atoms with van der Waals surface area (Å²) in [4.78, 5) is 26.3. The molecule has 2 rings (SSSR count). The normalized spacial score (nSPS) is 20.6. The van der Waals surface area contributed by atoms with Crippen LogP contribution in [0.4, 0.5) is 0 Å². The molecule has 1 saturated heterocycles.